The Labute approximate surface area is 792 Å². The van der Waals surface area contributed by atoms with Crippen LogP contribution in [0.3, 0.4) is 0 Å². The van der Waals surface area contributed by atoms with Crippen LogP contribution in [-0.4, -0.2) is 42.4 Å². The predicted molar refractivity (Wildman–Crippen MR) is 570 cm³/mol. The number of hydrogen-bond donors (Lipinski definition) is 0. The molecular weight excluding hydrogens is 1710 g/mol. The number of hydrogen-bond acceptors (Lipinski definition) is 8. The average molecular weight is 1800 g/mol. The first-order chi connectivity index (χ1) is 68.2. The van der Waals surface area contributed by atoms with Crippen LogP contribution in [0.25, 0.3) is 252 Å². The molecule has 19 aromatic carbocycles. The number of nitrogens with zero attached hydrogens (tertiary/aromatic N) is 9. The lowest BCUT2D eigenvalue weighted by Crippen LogP contribution is -2.28. The molecule has 0 amide bonds. The van der Waals surface area contributed by atoms with E-state index in [9.17, 15) is 0 Å². The van der Waals surface area contributed by atoms with Crippen LogP contribution in [0.15, 0.2) is 424 Å². The summed E-state index contributed by atoms with van der Waals surface area (Å²) in [6.07, 6.45) is 5.38. The smallest absolute Gasteiger partial charge is 0.220 e. The van der Waals surface area contributed by atoms with Crippen molar-refractivity contribution in [1.29, 1.82) is 0 Å². The van der Waals surface area contributed by atoms with Gasteiger partial charge in [0.1, 0.15) is 44.7 Å². The maximum absolute atomic E-state index is 6.29. The first kappa shape index (κ1) is 78.2. The van der Waals surface area contributed by atoms with Crippen LogP contribution in [0.5, 0.6) is 0 Å². The monoisotopic (exact) mass is 1790 g/mol. The van der Waals surface area contributed by atoms with Gasteiger partial charge in [-0.2, -0.15) is 0 Å². The fraction of sp³-hybridized carbons (Fsp3) is 0.0726. The normalized spacial score (nSPS) is 14.4. The Hall–Kier alpha value is -17.3. The SMILES string of the molecule is CC1(C)c2cccc(-n3c4ccccc4c4cc5oc6ccccc6c5cc43)c2C2CCCCC21.c1ccc(-n2c(-n3c4ccccc4c4cc5oc6ccccc6c5cc43)nc3ccccc32)cc1.c1ccc2cc(-n3c(-n4c5ccccc5c5cc6oc7ccccc7c6cc54)nc4ccccc43)ccc2c1.c1ccc2sc(-n3c4ccccc4c4cc5oc6ccccc6c5cc43)nc2c1. The van der Waals surface area contributed by atoms with Crippen molar-refractivity contribution >= 4 is 229 Å². The first-order valence-corrected chi connectivity index (χ1v) is 48.4. The highest BCUT2D eigenvalue weighted by Crippen LogP contribution is 2.59. The van der Waals surface area contributed by atoms with Crippen molar-refractivity contribution in [2.75, 3.05) is 0 Å². The van der Waals surface area contributed by atoms with Crippen LogP contribution in [0.1, 0.15) is 56.6 Å². The van der Waals surface area contributed by atoms with E-state index in [2.05, 4.69) is 393 Å². The van der Waals surface area contributed by atoms with E-state index in [0.29, 0.717) is 5.92 Å². The Balaban J connectivity index is 0.0000000892. The molecule has 2 aliphatic carbocycles. The van der Waals surface area contributed by atoms with Crippen LogP contribution in [0.4, 0.5) is 0 Å². The Bertz CT molecular complexity index is 10300. The number of imidazole rings is 2. The quantitative estimate of drug-likeness (QED) is 0.163. The lowest BCUT2D eigenvalue weighted by Gasteiger charge is -2.34. The Morgan fingerprint density at radius 2 is 0.630 bits per heavy atom. The van der Waals surface area contributed by atoms with Gasteiger partial charge in [-0.1, -0.05) is 281 Å². The zero-order chi connectivity index (χ0) is 90.7. The van der Waals surface area contributed by atoms with Gasteiger partial charge in [-0.25, -0.2) is 15.0 Å². The van der Waals surface area contributed by atoms with Gasteiger partial charge in [-0.05, 0) is 216 Å². The summed E-state index contributed by atoms with van der Waals surface area (Å²) in [5, 5.41) is 22.1. The number of thiazole rings is 1. The molecule has 1 fully saturated rings. The molecule has 2 unspecified atom stereocenters. The average Bonchev–Trinajstić information content (AvgIpc) is 1.55. The van der Waals surface area contributed by atoms with Gasteiger partial charge < -0.3 is 22.2 Å². The maximum Gasteiger partial charge on any atom is 0.220 e. The molecule has 0 bridgehead atoms. The Morgan fingerprint density at radius 1 is 0.254 bits per heavy atom. The molecule has 0 saturated heterocycles. The maximum atomic E-state index is 6.29. The minimum absolute atomic E-state index is 0.225. The van der Waals surface area contributed by atoms with Crippen molar-refractivity contribution in [2.45, 2.75) is 50.9 Å². The van der Waals surface area contributed by atoms with Crippen LogP contribution >= 0.6 is 11.3 Å². The van der Waals surface area contributed by atoms with Crippen LogP contribution in [0, 0.1) is 5.92 Å². The van der Waals surface area contributed by atoms with Gasteiger partial charge in [-0.3, -0.25) is 22.8 Å². The summed E-state index contributed by atoms with van der Waals surface area (Å²) in [6.45, 7) is 4.97. The van der Waals surface area contributed by atoms with E-state index in [1.807, 2.05) is 54.6 Å². The minimum atomic E-state index is 0.225. The van der Waals surface area contributed by atoms with Crippen LogP contribution < -0.4 is 0 Å². The molecule has 30 aromatic rings. The summed E-state index contributed by atoms with van der Waals surface area (Å²) in [5.74, 6) is 3.13. The fourth-order valence-electron chi connectivity index (χ4n) is 23.6. The molecule has 32 rings (SSSR count). The zero-order valence-electron chi connectivity index (χ0n) is 75.2. The third-order valence-corrected chi connectivity index (χ3v) is 30.8. The van der Waals surface area contributed by atoms with Crippen molar-refractivity contribution < 1.29 is 17.7 Å². The van der Waals surface area contributed by atoms with Crippen LogP contribution in [-0.2, 0) is 5.41 Å². The number of furan rings is 4. The standard InChI is InChI=1S/C35H21N3O.C33H29NO.C31H19N3O.C25H14N2OS/c1-2-10-23-19-24(18-17-22(23)9-1)37-31-15-7-5-13-29(31)36-35(37)38-30-14-6-3-11-25(30)27-21-34-28(20-32(27)38)26-12-4-8-16-33(26)39-34;1-33(2)25-13-6-3-12-22(25)32-26(33)14-9-16-28(32)34-27-15-7-4-10-20(27)23-19-31-24(18-29(23)34)21-11-5-8-17-30(21)35-31;1-2-10-20(11-3-1)33-27-16-8-6-14-25(27)32-31(33)34-26-15-7-4-12-21(26)23-19-30-24(18-28(23)34)22-13-5-9-17-29(22)35-30;1-4-10-20-15(7-1)17-14-23-18(16-8-2-5-11-22(16)28-23)13-21(17)27(20)25-26-19-9-3-6-12-24(19)29-25/h1-21H;4-5,7-11,14-19,22,25H,3,6,12-13H2,1-2H3;1-19H;1-14H. The van der Waals surface area contributed by atoms with Gasteiger partial charge in [0.2, 0.25) is 11.9 Å². The molecule has 2 atom stereocenters. The summed E-state index contributed by atoms with van der Waals surface area (Å²) in [4.78, 5) is 15.4. The molecule has 0 spiro atoms. The first-order valence-electron chi connectivity index (χ1n) is 47.6. The summed E-state index contributed by atoms with van der Waals surface area (Å²) < 4.78 is 40.1. The van der Waals surface area contributed by atoms with E-state index in [-0.39, 0.29) is 5.41 Å². The fourth-order valence-corrected chi connectivity index (χ4v) is 24.6. The van der Waals surface area contributed by atoms with Crippen molar-refractivity contribution in [2.24, 2.45) is 5.92 Å². The topological polar surface area (TPSA) is 121 Å². The molecule has 138 heavy (non-hydrogen) atoms. The van der Waals surface area contributed by atoms with Gasteiger partial charge in [0.05, 0.1) is 76.4 Å². The second kappa shape index (κ2) is 30.3. The summed E-state index contributed by atoms with van der Waals surface area (Å²) >= 11 is 1.72. The number of benzene rings is 19. The second-order valence-corrected chi connectivity index (χ2v) is 38.5. The Kier molecular flexibility index (Phi) is 17.2. The second-order valence-electron chi connectivity index (χ2n) is 37.5. The van der Waals surface area contributed by atoms with E-state index in [4.69, 9.17) is 32.6 Å². The minimum Gasteiger partial charge on any atom is -0.456 e. The highest BCUT2D eigenvalue weighted by Gasteiger charge is 2.48. The lowest BCUT2D eigenvalue weighted by atomic mass is 9.70. The van der Waals surface area contributed by atoms with Gasteiger partial charge >= 0.3 is 0 Å². The molecule has 13 nitrogen and oxygen atoms in total. The van der Waals surface area contributed by atoms with Crippen molar-refractivity contribution in [3.05, 3.63) is 418 Å². The molecule has 654 valence electrons. The molecule has 14 heteroatoms. The number of fused-ring (bicyclic) bond motifs is 31. The lowest BCUT2D eigenvalue weighted by molar-refractivity contribution is 0.233. The highest BCUT2D eigenvalue weighted by molar-refractivity contribution is 7.20. The van der Waals surface area contributed by atoms with Gasteiger partial charge in [0.15, 0.2) is 5.13 Å². The highest BCUT2D eigenvalue weighted by atomic mass is 32.1. The zero-order valence-corrected chi connectivity index (χ0v) is 76.0. The van der Waals surface area contributed by atoms with Gasteiger partial charge in [-0.15, -0.1) is 0 Å². The summed E-state index contributed by atoms with van der Waals surface area (Å²) in [5.41, 5.74) is 28.7. The van der Waals surface area contributed by atoms with Gasteiger partial charge in [0.25, 0.3) is 0 Å². The third kappa shape index (κ3) is 11.8. The van der Waals surface area contributed by atoms with Crippen LogP contribution in [0.2, 0.25) is 0 Å². The molecule has 2 aliphatic rings. The van der Waals surface area contributed by atoms with E-state index in [1.165, 1.54) is 106 Å². The van der Waals surface area contributed by atoms with E-state index in [0.717, 1.165) is 177 Å². The van der Waals surface area contributed by atoms with Crippen molar-refractivity contribution in [1.82, 2.24) is 42.4 Å². The third-order valence-electron chi connectivity index (χ3n) is 29.7. The summed E-state index contributed by atoms with van der Waals surface area (Å²) in [6, 6.07) is 143. The molecule has 1 saturated carbocycles. The van der Waals surface area contributed by atoms with Gasteiger partial charge in [0, 0.05) is 103 Å². The number of aromatic nitrogens is 9. The van der Waals surface area contributed by atoms with E-state index in [1.54, 1.807) is 22.5 Å². The number of rotatable bonds is 6. The van der Waals surface area contributed by atoms with E-state index >= 15 is 0 Å². The predicted octanol–water partition coefficient (Wildman–Crippen LogP) is 33.7. The molecule has 0 aliphatic heterocycles. The van der Waals surface area contributed by atoms with E-state index < -0.39 is 0 Å². The molecule has 0 radical (unpaired) electrons. The van der Waals surface area contributed by atoms with Crippen molar-refractivity contribution in [3.63, 3.8) is 0 Å². The summed E-state index contributed by atoms with van der Waals surface area (Å²) in [7, 11) is 0. The molecular formula is C124H83N9O4S. The largest absolute Gasteiger partial charge is 0.456 e. The number of para-hydroxylation sites is 14. The molecule has 11 aromatic heterocycles. The Morgan fingerprint density at radius 3 is 1.12 bits per heavy atom. The molecule has 0 N–H and O–H groups in total. The van der Waals surface area contributed by atoms with Crippen molar-refractivity contribution in [3.8, 4) is 34.1 Å². The molecule has 11 heterocycles.